The van der Waals surface area contributed by atoms with E-state index >= 15 is 0 Å². The van der Waals surface area contributed by atoms with Gasteiger partial charge in [-0.1, -0.05) is 29.8 Å². The summed E-state index contributed by atoms with van der Waals surface area (Å²) in [5.74, 6) is 1.68. The molecule has 4 aromatic rings. The first-order chi connectivity index (χ1) is 17.5. The van der Waals surface area contributed by atoms with Gasteiger partial charge in [-0.15, -0.1) is 0 Å². The number of aromatic nitrogens is 3. The molecule has 0 bridgehead atoms. The number of fused-ring (bicyclic) bond motifs is 4. The summed E-state index contributed by atoms with van der Waals surface area (Å²) in [6.45, 7) is 1.67. The number of H-pyrrole nitrogens is 1. The van der Waals surface area contributed by atoms with Gasteiger partial charge < -0.3 is 14.8 Å². The fraction of sp³-hybridized carbons (Fsp3) is 0.259. The molecule has 3 heterocycles. The molecule has 1 aliphatic heterocycles. The number of carbonyl (C=O) groups is 1. The Balaban J connectivity index is 1.28. The second kappa shape index (κ2) is 9.28. The summed E-state index contributed by atoms with van der Waals surface area (Å²) < 4.78 is 11.4. The minimum absolute atomic E-state index is 0.0263. The van der Waals surface area contributed by atoms with E-state index in [2.05, 4.69) is 20.3 Å². The quantitative estimate of drug-likeness (QED) is 0.418. The van der Waals surface area contributed by atoms with Crippen LogP contribution in [0.5, 0.6) is 11.5 Å². The molecule has 9 heteroatoms. The van der Waals surface area contributed by atoms with Crippen molar-refractivity contribution in [2.45, 2.75) is 31.7 Å². The summed E-state index contributed by atoms with van der Waals surface area (Å²) >= 11 is 6.03. The van der Waals surface area contributed by atoms with Crippen molar-refractivity contribution < 1.29 is 14.3 Å². The van der Waals surface area contributed by atoms with Gasteiger partial charge in [-0.2, -0.15) is 4.98 Å². The van der Waals surface area contributed by atoms with Crippen LogP contribution < -0.4 is 20.3 Å². The Morgan fingerprint density at radius 1 is 1.03 bits per heavy atom. The van der Waals surface area contributed by atoms with Crippen molar-refractivity contribution in [3.05, 3.63) is 86.3 Å². The number of hydrogen-bond acceptors (Lipinski definition) is 7. The smallest absolute Gasteiger partial charge is 0.262 e. The van der Waals surface area contributed by atoms with Gasteiger partial charge in [0.2, 0.25) is 5.95 Å². The predicted octanol–water partition coefficient (Wildman–Crippen LogP) is 4.66. The third-order valence-corrected chi connectivity index (χ3v) is 6.89. The molecule has 36 heavy (non-hydrogen) atoms. The van der Waals surface area contributed by atoms with Gasteiger partial charge in [0.15, 0.2) is 22.9 Å². The first-order valence-corrected chi connectivity index (χ1v) is 12.3. The lowest BCUT2D eigenvalue weighted by Gasteiger charge is -2.24. The van der Waals surface area contributed by atoms with E-state index in [0.717, 1.165) is 23.3 Å². The Hall–Kier alpha value is -3.91. The number of aromatic amines is 1. The van der Waals surface area contributed by atoms with Gasteiger partial charge in [-0.25, -0.2) is 4.98 Å². The van der Waals surface area contributed by atoms with Crippen LogP contribution in [0.2, 0.25) is 5.02 Å². The van der Waals surface area contributed by atoms with Gasteiger partial charge in [0, 0.05) is 36.2 Å². The zero-order valence-corrected chi connectivity index (χ0v) is 20.1. The average Bonchev–Trinajstić information content (AvgIpc) is 3.12. The molecule has 0 spiro atoms. The Morgan fingerprint density at radius 3 is 2.67 bits per heavy atom. The largest absolute Gasteiger partial charge is 0.490 e. The van der Waals surface area contributed by atoms with Crippen molar-refractivity contribution in [1.29, 1.82) is 0 Å². The number of halogens is 1. The number of Topliss-reactive ketones (excluding diaryl/α,β-unsaturated/α-hetero) is 1. The highest BCUT2D eigenvalue weighted by atomic mass is 35.5. The van der Waals surface area contributed by atoms with Gasteiger partial charge in [-0.05, 0) is 53.3 Å². The number of hydrogen-bond donors (Lipinski definition) is 2. The first-order valence-electron chi connectivity index (χ1n) is 11.9. The van der Waals surface area contributed by atoms with E-state index in [4.69, 9.17) is 21.1 Å². The highest BCUT2D eigenvalue weighted by molar-refractivity contribution is 6.30. The first kappa shape index (κ1) is 22.5. The second-order valence-electron chi connectivity index (χ2n) is 9.03. The van der Waals surface area contributed by atoms with Gasteiger partial charge in [0.05, 0.1) is 18.6 Å². The second-order valence-corrected chi connectivity index (χ2v) is 9.47. The third kappa shape index (κ3) is 4.28. The summed E-state index contributed by atoms with van der Waals surface area (Å²) in [6, 6.07) is 13.2. The normalized spacial score (nSPS) is 16.9. The minimum atomic E-state index is -0.324. The maximum Gasteiger partial charge on any atom is 0.262 e. The molecule has 2 N–H and O–H groups in total. The Morgan fingerprint density at radius 2 is 1.83 bits per heavy atom. The molecule has 0 radical (unpaired) electrons. The number of benzene rings is 2. The van der Waals surface area contributed by atoms with Crippen molar-refractivity contribution in [3.8, 4) is 11.5 Å². The maximum absolute atomic E-state index is 13.2. The van der Waals surface area contributed by atoms with Crippen LogP contribution in [0, 0.1) is 0 Å². The van der Waals surface area contributed by atoms with Crippen LogP contribution in [0.1, 0.15) is 45.8 Å². The summed E-state index contributed by atoms with van der Waals surface area (Å²) in [5, 5.41) is 4.17. The molecular weight excluding hydrogens is 480 g/mol. The fourth-order valence-corrected chi connectivity index (χ4v) is 4.95. The molecular formula is C27H23ClN4O4. The molecule has 1 aliphatic carbocycles. The number of nitrogens with zero attached hydrogens (tertiary/aromatic N) is 2. The van der Waals surface area contributed by atoms with Crippen molar-refractivity contribution in [1.82, 2.24) is 15.0 Å². The van der Waals surface area contributed by atoms with E-state index < -0.39 is 0 Å². The molecule has 6 rings (SSSR count). The van der Waals surface area contributed by atoms with Crippen LogP contribution in [-0.4, -0.2) is 33.9 Å². The van der Waals surface area contributed by atoms with E-state index in [1.165, 1.54) is 6.20 Å². The molecule has 8 nitrogen and oxygen atoms in total. The molecule has 0 saturated carbocycles. The third-order valence-electron chi connectivity index (χ3n) is 6.64. The molecule has 182 valence electrons. The van der Waals surface area contributed by atoms with Crippen molar-refractivity contribution in [3.63, 3.8) is 0 Å². The molecule has 1 unspecified atom stereocenters. The monoisotopic (exact) mass is 502 g/mol. The SMILES string of the molecule is O=C1CC(c2ccc(Cl)cc2)Cc2c1cnc1nc(NCc3ccc4c(c3)OCCCO4)[nH]c(=O)c21. The minimum Gasteiger partial charge on any atom is -0.490 e. The zero-order valence-electron chi connectivity index (χ0n) is 19.3. The van der Waals surface area contributed by atoms with Crippen LogP contribution in [0.15, 0.2) is 53.5 Å². The molecule has 0 amide bonds. The standard InChI is InChI=1S/C27H23ClN4O4/c28-18-5-3-16(4-6-18)17-11-19-20(21(33)12-17)14-29-25-24(19)26(34)32-27(31-25)30-13-15-2-7-22-23(10-15)36-9-1-8-35-22/h2-7,10,14,17H,1,8-9,11-13H2,(H2,29,30,31,32,34). The van der Waals surface area contributed by atoms with Gasteiger partial charge in [0.25, 0.3) is 5.56 Å². The Labute approximate surface area is 211 Å². The highest BCUT2D eigenvalue weighted by Gasteiger charge is 2.29. The maximum atomic E-state index is 13.2. The molecule has 0 fully saturated rings. The van der Waals surface area contributed by atoms with E-state index in [0.29, 0.717) is 71.5 Å². The number of ether oxygens (including phenoxy) is 2. The van der Waals surface area contributed by atoms with Gasteiger partial charge in [0.1, 0.15) is 0 Å². The molecule has 2 aromatic heterocycles. The van der Waals surface area contributed by atoms with Crippen molar-refractivity contribution in [2.24, 2.45) is 0 Å². The molecule has 2 aromatic carbocycles. The summed E-state index contributed by atoms with van der Waals surface area (Å²) in [5.41, 5.74) is 3.14. The van der Waals surface area contributed by atoms with Crippen LogP contribution in [0.3, 0.4) is 0 Å². The summed E-state index contributed by atoms with van der Waals surface area (Å²) in [7, 11) is 0. The van der Waals surface area contributed by atoms with E-state index in [-0.39, 0.29) is 17.3 Å². The Bertz CT molecular complexity index is 1530. The van der Waals surface area contributed by atoms with Crippen LogP contribution in [-0.2, 0) is 13.0 Å². The highest BCUT2D eigenvalue weighted by Crippen LogP contribution is 2.35. The summed E-state index contributed by atoms with van der Waals surface area (Å²) in [6.07, 6.45) is 3.30. The van der Waals surface area contributed by atoms with Crippen LogP contribution in [0.4, 0.5) is 5.95 Å². The number of carbonyl (C=O) groups excluding carboxylic acids is 1. The van der Waals surface area contributed by atoms with Gasteiger partial charge in [-0.3, -0.25) is 14.6 Å². The number of nitrogens with one attached hydrogen (secondary N) is 2. The number of anilines is 1. The van der Waals surface area contributed by atoms with Crippen LogP contribution in [0.25, 0.3) is 11.0 Å². The van der Waals surface area contributed by atoms with Crippen molar-refractivity contribution >= 4 is 34.4 Å². The predicted molar refractivity (Wildman–Crippen MR) is 136 cm³/mol. The lowest BCUT2D eigenvalue weighted by Crippen LogP contribution is -2.23. The Kier molecular flexibility index (Phi) is 5.81. The zero-order chi connectivity index (χ0) is 24.6. The lowest BCUT2D eigenvalue weighted by molar-refractivity contribution is 0.0964. The number of ketones is 1. The molecule has 0 saturated heterocycles. The average molecular weight is 503 g/mol. The van der Waals surface area contributed by atoms with E-state index in [1.54, 1.807) is 0 Å². The fourth-order valence-electron chi connectivity index (χ4n) is 4.83. The molecule has 1 atom stereocenters. The number of rotatable bonds is 4. The number of pyridine rings is 1. The lowest BCUT2D eigenvalue weighted by atomic mass is 9.79. The summed E-state index contributed by atoms with van der Waals surface area (Å²) in [4.78, 5) is 37.8. The molecule has 2 aliphatic rings. The van der Waals surface area contributed by atoms with Crippen molar-refractivity contribution in [2.75, 3.05) is 18.5 Å². The van der Waals surface area contributed by atoms with Crippen LogP contribution >= 0.6 is 11.6 Å². The van der Waals surface area contributed by atoms with E-state index in [9.17, 15) is 9.59 Å². The van der Waals surface area contributed by atoms with E-state index in [1.807, 2.05) is 42.5 Å². The van der Waals surface area contributed by atoms with Gasteiger partial charge >= 0.3 is 0 Å². The topological polar surface area (TPSA) is 106 Å².